The lowest BCUT2D eigenvalue weighted by Crippen LogP contribution is -2.28. The summed E-state index contributed by atoms with van der Waals surface area (Å²) in [4.78, 5) is 27.3. The first kappa shape index (κ1) is 22.8. The van der Waals surface area contributed by atoms with Crippen LogP contribution in [0.15, 0.2) is 47.4 Å². The van der Waals surface area contributed by atoms with Gasteiger partial charge in [-0.05, 0) is 54.5 Å². The van der Waals surface area contributed by atoms with E-state index in [0.717, 1.165) is 18.4 Å². The highest BCUT2D eigenvalue weighted by molar-refractivity contribution is 8.26. The monoisotopic (exact) mass is 457 g/mol. The van der Waals surface area contributed by atoms with Gasteiger partial charge < -0.3 is 14.2 Å². The largest absolute Gasteiger partial charge is 0.497 e. The van der Waals surface area contributed by atoms with Crippen molar-refractivity contribution in [3.63, 3.8) is 0 Å². The van der Waals surface area contributed by atoms with Crippen LogP contribution in [0.25, 0.3) is 6.08 Å². The molecule has 1 fully saturated rings. The Morgan fingerprint density at radius 3 is 2.48 bits per heavy atom. The maximum atomic E-state index is 12.6. The highest BCUT2D eigenvalue weighted by Crippen LogP contribution is 2.35. The van der Waals surface area contributed by atoms with Crippen molar-refractivity contribution in [3.05, 3.63) is 58.5 Å². The highest BCUT2D eigenvalue weighted by Gasteiger charge is 2.31. The predicted octanol–water partition coefficient (Wildman–Crippen LogP) is 4.92. The molecule has 0 aromatic heterocycles. The minimum absolute atomic E-state index is 0.0857. The second kappa shape index (κ2) is 10.5. The van der Waals surface area contributed by atoms with Gasteiger partial charge in [-0.2, -0.15) is 0 Å². The van der Waals surface area contributed by atoms with E-state index in [0.29, 0.717) is 32.8 Å². The molecule has 2 aromatic rings. The number of carbonyl (C=O) groups excluding carboxylic acids is 2. The number of unbranched alkanes of at least 4 members (excludes halogenated alkanes) is 1. The zero-order chi connectivity index (χ0) is 22.4. The van der Waals surface area contributed by atoms with Crippen LogP contribution >= 0.6 is 24.0 Å². The van der Waals surface area contributed by atoms with Crippen molar-refractivity contribution >= 4 is 46.3 Å². The number of hydrogen-bond acceptors (Lipinski definition) is 7. The Bertz CT molecular complexity index is 1020. The second-order valence-electron chi connectivity index (χ2n) is 6.72. The Morgan fingerprint density at radius 1 is 1.10 bits per heavy atom. The normalized spacial score (nSPS) is 14.8. The number of methoxy groups -OCH3 is 2. The van der Waals surface area contributed by atoms with Gasteiger partial charge in [-0.15, -0.1) is 0 Å². The average Bonchev–Trinajstić information content (AvgIpc) is 3.05. The Morgan fingerprint density at radius 2 is 1.84 bits per heavy atom. The number of hydrogen-bond donors (Lipinski definition) is 0. The number of amides is 1. The van der Waals surface area contributed by atoms with E-state index in [2.05, 4.69) is 6.92 Å². The Labute approximate surface area is 191 Å². The molecule has 1 amide bonds. The van der Waals surface area contributed by atoms with Gasteiger partial charge in [0.05, 0.1) is 24.7 Å². The first-order valence-corrected chi connectivity index (χ1v) is 11.0. The van der Waals surface area contributed by atoms with Gasteiger partial charge in [-0.3, -0.25) is 9.69 Å². The van der Waals surface area contributed by atoms with Crippen molar-refractivity contribution in [2.24, 2.45) is 0 Å². The van der Waals surface area contributed by atoms with Crippen molar-refractivity contribution < 1.29 is 23.8 Å². The summed E-state index contributed by atoms with van der Waals surface area (Å²) in [5.41, 5.74) is 1.14. The predicted molar refractivity (Wildman–Crippen MR) is 126 cm³/mol. The molecule has 1 aliphatic heterocycles. The molecule has 0 saturated carbocycles. The molecule has 0 radical (unpaired) electrons. The SMILES string of the molecule is CCCCN1C(=O)/C(=C\c2ccc(OC(=O)c3ccc(OC)cc3)c(OC)c2)SC1=S. The summed E-state index contributed by atoms with van der Waals surface area (Å²) in [6, 6.07) is 11.8. The van der Waals surface area contributed by atoms with Crippen LogP contribution in [0.1, 0.15) is 35.7 Å². The first-order valence-electron chi connectivity index (χ1n) is 9.76. The summed E-state index contributed by atoms with van der Waals surface area (Å²) in [6.07, 6.45) is 3.66. The number of rotatable bonds is 8. The zero-order valence-electron chi connectivity index (χ0n) is 17.5. The van der Waals surface area contributed by atoms with Gasteiger partial charge in [0.15, 0.2) is 11.5 Å². The smallest absolute Gasteiger partial charge is 0.343 e. The fourth-order valence-corrected chi connectivity index (χ4v) is 4.21. The van der Waals surface area contributed by atoms with Crippen molar-refractivity contribution in [3.8, 4) is 17.2 Å². The van der Waals surface area contributed by atoms with Gasteiger partial charge >= 0.3 is 5.97 Å². The van der Waals surface area contributed by atoms with Gasteiger partial charge in [-0.25, -0.2) is 4.79 Å². The van der Waals surface area contributed by atoms with Gasteiger partial charge in [-0.1, -0.05) is 43.4 Å². The lowest BCUT2D eigenvalue weighted by Gasteiger charge is -2.13. The van der Waals surface area contributed by atoms with E-state index in [1.165, 1.54) is 18.9 Å². The summed E-state index contributed by atoms with van der Waals surface area (Å²) in [7, 11) is 3.05. The molecule has 0 spiro atoms. The maximum absolute atomic E-state index is 12.6. The summed E-state index contributed by atoms with van der Waals surface area (Å²) >= 11 is 6.63. The summed E-state index contributed by atoms with van der Waals surface area (Å²) < 4.78 is 16.6. The number of carbonyl (C=O) groups is 2. The average molecular weight is 458 g/mol. The Balaban J connectivity index is 1.76. The number of ether oxygens (including phenoxy) is 3. The summed E-state index contributed by atoms with van der Waals surface area (Å²) in [5.74, 6) is 0.731. The fraction of sp³-hybridized carbons (Fsp3) is 0.261. The van der Waals surface area contributed by atoms with Gasteiger partial charge in [0.25, 0.3) is 5.91 Å². The zero-order valence-corrected chi connectivity index (χ0v) is 19.2. The van der Waals surface area contributed by atoms with Crippen molar-refractivity contribution in [2.45, 2.75) is 19.8 Å². The van der Waals surface area contributed by atoms with E-state index >= 15 is 0 Å². The quantitative estimate of drug-likeness (QED) is 0.241. The topological polar surface area (TPSA) is 65.1 Å². The van der Waals surface area contributed by atoms with Crippen molar-refractivity contribution in [1.82, 2.24) is 4.90 Å². The number of benzene rings is 2. The molecule has 0 N–H and O–H groups in total. The number of thiocarbonyl (C=S) groups is 1. The molecule has 3 rings (SSSR count). The minimum Gasteiger partial charge on any atom is -0.497 e. The summed E-state index contributed by atoms with van der Waals surface area (Å²) in [5, 5.41) is 0. The molecule has 8 heteroatoms. The van der Waals surface area contributed by atoms with Crippen LogP contribution in [0.3, 0.4) is 0 Å². The van der Waals surface area contributed by atoms with Crippen LogP contribution in [0, 0.1) is 0 Å². The molecule has 162 valence electrons. The van der Waals surface area contributed by atoms with Crippen LogP contribution in [0.4, 0.5) is 0 Å². The molecule has 0 atom stereocenters. The molecule has 1 heterocycles. The van der Waals surface area contributed by atoms with Crippen LogP contribution < -0.4 is 14.2 Å². The third-order valence-corrected chi connectivity index (χ3v) is 6.00. The third-order valence-electron chi connectivity index (χ3n) is 4.62. The van der Waals surface area contributed by atoms with Crippen molar-refractivity contribution in [1.29, 1.82) is 0 Å². The Kier molecular flexibility index (Phi) is 7.70. The lowest BCUT2D eigenvalue weighted by molar-refractivity contribution is -0.122. The molecule has 1 saturated heterocycles. The molecule has 0 aliphatic carbocycles. The Hall–Kier alpha value is -2.84. The number of thioether (sulfide) groups is 1. The van der Waals surface area contributed by atoms with Gasteiger partial charge in [0, 0.05) is 6.54 Å². The van der Waals surface area contributed by atoms with Crippen molar-refractivity contribution in [2.75, 3.05) is 20.8 Å². The van der Waals surface area contributed by atoms with Crippen LogP contribution in [-0.2, 0) is 4.79 Å². The first-order chi connectivity index (χ1) is 15.0. The van der Waals surface area contributed by atoms with Crippen LogP contribution in [0.5, 0.6) is 17.2 Å². The molecular weight excluding hydrogens is 434 g/mol. The molecule has 0 unspecified atom stereocenters. The van der Waals surface area contributed by atoms with E-state index in [4.69, 9.17) is 26.4 Å². The second-order valence-corrected chi connectivity index (χ2v) is 8.39. The van der Waals surface area contributed by atoms with Gasteiger partial charge in [0.1, 0.15) is 10.1 Å². The maximum Gasteiger partial charge on any atom is 0.343 e. The molecule has 2 aromatic carbocycles. The minimum atomic E-state index is -0.509. The van der Waals surface area contributed by atoms with Gasteiger partial charge in [0.2, 0.25) is 0 Å². The van der Waals surface area contributed by atoms with E-state index in [1.54, 1.807) is 60.6 Å². The highest BCUT2D eigenvalue weighted by atomic mass is 32.2. The third kappa shape index (κ3) is 5.45. The number of esters is 1. The molecule has 1 aliphatic rings. The van der Waals surface area contributed by atoms with E-state index in [1.807, 2.05) is 0 Å². The van der Waals surface area contributed by atoms with E-state index in [9.17, 15) is 9.59 Å². The van der Waals surface area contributed by atoms with Crippen LogP contribution in [0.2, 0.25) is 0 Å². The summed E-state index contributed by atoms with van der Waals surface area (Å²) in [6.45, 7) is 2.70. The molecule has 0 bridgehead atoms. The molecule has 31 heavy (non-hydrogen) atoms. The lowest BCUT2D eigenvalue weighted by atomic mass is 10.1. The molecular formula is C23H23NO5S2. The standard InChI is InChI=1S/C23H23NO5S2/c1-4-5-12-24-21(25)20(31-23(24)30)14-15-6-11-18(19(13-15)28-3)29-22(26)16-7-9-17(27-2)10-8-16/h6-11,13-14H,4-5,12H2,1-3H3/b20-14+. The van der Waals surface area contributed by atoms with E-state index < -0.39 is 5.97 Å². The fourth-order valence-electron chi connectivity index (χ4n) is 2.90. The van der Waals surface area contributed by atoms with E-state index in [-0.39, 0.29) is 11.7 Å². The molecule has 6 nitrogen and oxygen atoms in total. The number of nitrogens with zero attached hydrogens (tertiary/aromatic N) is 1. The van der Waals surface area contributed by atoms with Crippen LogP contribution in [-0.4, -0.2) is 41.9 Å².